The van der Waals surface area contributed by atoms with Crippen LogP contribution >= 0.6 is 0 Å². The molecule has 0 amide bonds. The molecule has 0 saturated carbocycles. The lowest BCUT2D eigenvalue weighted by Gasteiger charge is -2.18. The lowest BCUT2D eigenvalue weighted by atomic mass is 10.0. The topological polar surface area (TPSA) is 54.5 Å². The van der Waals surface area contributed by atoms with E-state index in [0.29, 0.717) is 5.69 Å². The van der Waals surface area contributed by atoms with Gasteiger partial charge in [-0.1, -0.05) is 19.4 Å². The summed E-state index contributed by atoms with van der Waals surface area (Å²) in [7, 11) is 0. The van der Waals surface area contributed by atoms with Gasteiger partial charge >= 0.3 is 0 Å². The first-order valence-corrected chi connectivity index (χ1v) is 5.69. The minimum Gasteiger partial charge on any atom is -0.330 e. The van der Waals surface area contributed by atoms with E-state index in [1.54, 1.807) is 18.7 Å². The number of aromatic nitrogens is 3. The molecule has 0 aromatic carbocycles. The fourth-order valence-corrected chi connectivity index (χ4v) is 1.97. The molecule has 86 valence electrons. The van der Waals surface area contributed by atoms with Crippen molar-refractivity contribution in [2.24, 2.45) is 0 Å². The summed E-state index contributed by atoms with van der Waals surface area (Å²) in [4.78, 5) is 8.18. The van der Waals surface area contributed by atoms with E-state index in [1.165, 1.54) is 0 Å². The predicted octanol–water partition coefficient (Wildman–Crippen LogP) is 2.54. The number of pyridine rings is 1. The molecule has 0 radical (unpaired) electrons. The molecular formula is C13H14N4. The van der Waals surface area contributed by atoms with E-state index < -0.39 is 0 Å². The highest BCUT2D eigenvalue weighted by Gasteiger charge is 2.16. The SMILES string of the molecule is CCCC(c1cccnc1C#N)n1ccnc1. The first kappa shape index (κ1) is 11.3. The van der Waals surface area contributed by atoms with Crippen LogP contribution in [0.15, 0.2) is 37.1 Å². The largest absolute Gasteiger partial charge is 0.330 e. The highest BCUT2D eigenvalue weighted by atomic mass is 15.1. The Morgan fingerprint density at radius 2 is 2.35 bits per heavy atom. The second-order valence-corrected chi connectivity index (χ2v) is 3.87. The lowest BCUT2D eigenvalue weighted by Crippen LogP contribution is -2.11. The van der Waals surface area contributed by atoms with Crippen molar-refractivity contribution in [1.29, 1.82) is 5.26 Å². The van der Waals surface area contributed by atoms with E-state index in [2.05, 4.69) is 23.0 Å². The molecule has 4 heteroatoms. The van der Waals surface area contributed by atoms with Crippen LogP contribution in [0.3, 0.4) is 0 Å². The van der Waals surface area contributed by atoms with Gasteiger partial charge in [0.05, 0.1) is 12.4 Å². The van der Waals surface area contributed by atoms with Crippen LogP contribution in [0.25, 0.3) is 0 Å². The molecule has 2 rings (SSSR count). The van der Waals surface area contributed by atoms with Gasteiger partial charge in [-0.15, -0.1) is 0 Å². The Labute approximate surface area is 101 Å². The Hall–Kier alpha value is -2.15. The van der Waals surface area contributed by atoms with Crippen LogP contribution in [-0.2, 0) is 0 Å². The van der Waals surface area contributed by atoms with Crippen LogP contribution in [0.4, 0.5) is 0 Å². The van der Waals surface area contributed by atoms with Crippen molar-refractivity contribution in [3.8, 4) is 6.07 Å². The van der Waals surface area contributed by atoms with Crippen molar-refractivity contribution in [3.63, 3.8) is 0 Å². The molecule has 0 saturated heterocycles. The predicted molar refractivity (Wildman–Crippen MR) is 64.2 cm³/mol. The molecular weight excluding hydrogens is 212 g/mol. The molecule has 4 nitrogen and oxygen atoms in total. The summed E-state index contributed by atoms with van der Waals surface area (Å²) in [5.41, 5.74) is 1.47. The Bertz CT molecular complexity index is 510. The number of nitrogens with zero attached hydrogens (tertiary/aromatic N) is 4. The quantitative estimate of drug-likeness (QED) is 0.805. The van der Waals surface area contributed by atoms with Gasteiger partial charge < -0.3 is 4.57 Å². The lowest BCUT2D eigenvalue weighted by molar-refractivity contribution is 0.530. The van der Waals surface area contributed by atoms with E-state index in [9.17, 15) is 0 Å². The molecule has 0 bridgehead atoms. The minimum absolute atomic E-state index is 0.144. The summed E-state index contributed by atoms with van der Waals surface area (Å²) in [6.07, 6.45) is 9.13. The Kier molecular flexibility index (Phi) is 3.51. The van der Waals surface area contributed by atoms with E-state index in [0.717, 1.165) is 18.4 Å². The third-order valence-corrected chi connectivity index (χ3v) is 2.75. The fourth-order valence-electron chi connectivity index (χ4n) is 1.97. The van der Waals surface area contributed by atoms with Gasteiger partial charge in [0.25, 0.3) is 0 Å². The summed E-state index contributed by atoms with van der Waals surface area (Å²) in [6, 6.07) is 6.13. The number of nitriles is 1. The first-order chi connectivity index (χ1) is 8.36. The molecule has 0 spiro atoms. The van der Waals surface area contributed by atoms with Crippen molar-refractivity contribution >= 4 is 0 Å². The van der Waals surface area contributed by atoms with Crippen molar-refractivity contribution in [1.82, 2.24) is 14.5 Å². The molecule has 0 fully saturated rings. The normalized spacial score (nSPS) is 12.0. The van der Waals surface area contributed by atoms with Crippen LogP contribution in [0, 0.1) is 11.3 Å². The Morgan fingerprint density at radius 3 is 3.00 bits per heavy atom. The Balaban J connectivity index is 2.43. The summed E-state index contributed by atoms with van der Waals surface area (Å²) in [5, 5.41) is 9.10. The maximum atomic E-state index is 9.10. The minimum atomic E-state index is 0.144. The molecule has 0 aliphatic heterocycles. The summed E-state index contributed by atoms with van der Waals surface area (Å²) in [6.45, 7) is 2.13. The highest BCUT2D eigenvalue weighted by Crippen LogP contribution is 2.24. The number of hydrogen-bond acceptors (Lipinski definition) is 3. The standard InChI is InChI=1S/C13H14N4/c1-2-4-13(17-8-7-15-10-17)11-5-3-6-16-12(11)9-14/h3,5-8,10,13H,2,4H2,1H3. The molecule has 2 aromatic rings. The molecule has 1 unspecified atom stereocenters. The second-order valence-electron chi connectivity index (χ2n) is 3.87. The summed E-state index contributed by atoms with van der Waals surface area (Å²) < 4.78 is 2.03. The molecule has 0 aliphatic rings. The zero-order chi connectivity index (χ0) is 12.1. The zero-order valence-corrected chi connectivity index (χ0v) is 9.74. The average molecular weight is 226 g/mol. The van der Waals surface area contributed by atoms with Gasteiger partial charge in [0.2, 0.25) is 0 Å². The number of imidazole rings is 1. The highest BCUT2D eigenvalue weighted by molar-refractivity contribution is 5.33. The summed E-state index contributed by atoms with van der Waals surface area (Å²) >= 11 is 0. The van der Waals surface area contributed by atoms with Crippen molar-refractivity contribution in [2.45, 2.75) is 25.8 Å². The van der Waals surface area contributed by atoms with Gasteiger partial charge in [-0.2, -0.15) is 5.26 Å². The van der Waals surface area contributed by atoms with Gasteiger partial charge in [-0.05, 0) is 12.5 Å². The van der Waals surface area contributed by atoms with Crippen LogP contribution < -0.4 is 0 Å². The van der Waals surface area contributed by atoms with Gasteiger partial charge in [0.15, 0.2) is 0 Å². The average Bonchev–Trinajstić information content (AvgIpc) is 2.89. The maximum absolute atomic E-state index is 9.10. The zero-order valence-electron chi connectivity index (χ0n) is 9.74. The van der Waals surface area contributed by atoms with E-state index in [1.807, 2.05) is 22.9 Å². The van der Waals surface area contributed by atoms with Gasteiger partial charge in [0.1, 0.15) is 11.8 Å². The molecule has 17 heavy (non-hydrogen) atoms. The Morgan fingerprint density at radius 1 is 1.47 bits per heavy atom. The third-order valence-electron chi connectivity index (χ3n) is 2.75. The molecule has 2 aromatic heterocycles. The van der Waals surface area contributed by atoms with Gasteiger partial charge in [0, 0.05) is 24.2 Å². The number of hydrogen-bond donors (Lipinski definition) is 0. The van der Waals surface area contributed by atoms with Crippen molar-refractivity contribution in [3.05, 3.63) is 48.3 Å². The molecule has 0 aliphatic carbocycles. The van der Waals surface area contributed by atoms with E-state index in [4.69, 9.17) is 5.26 Å². The molecule has 2 heterocycles. The van der Waals surface area contributed by atoms with Crippen LogP contribution in [-0.4, -0.2) is 14.5 Å². The van der Waals surface area contributed by atoms with Crippen molar-refractivity contribution in [2.75, 3.05) is 0 Å². The van der Waals surface area contributed by atoms with Gasteiger partial charge in [-0.3, -0.25) is 0 Å². The van der Waals surface area contributed by atoms with Crippen LogP contribution in [0.2, 0.25) is 0 Å². The molecule has 1 atom stereocenters. The van der Waals surface area contributed by atoms with E-state index in [-0.39, 0.29) is 6.04 Å². The summed E-state index contributed by atoms with van der Waals surface area (Å²) in [5.74, 6) is 0. The van der Waals surface area contributed by atoms with Crippen LogP contribution in [0.5, 0.6) is 0 Å². The second kappa shape index (κ2) is 5.26. The maximum Gasteiger partial charge on any atom is 0.145 e. The number of rotatable bonds is 4. The fraction of sp³-hybridized carbons (Fsp3) is 0.308. The molecule has 0 N–H and O–H groups in total. The van der Waals surface area contributed by atoms with Crippen LogP contribution in [0.1, 0.15) is 37.1 Å². The monoisotopic (exact) mass is 226 g/mol. The van der Waals surface area contributed by atoms with Gasteiger partial charge in [-0.25, -0.2) is 9.97 Å². The first-order valence-electron chi connectivity index (χ1n) is 5.69. The third kappa shape index (κ3) is 2.34. The smallest absolute Gasteiger partial charge is 0.145 e. The van der Waals surface area contributed by atoms with E-state index >= 15 is 0 Å². The van der Waals surface area contributed by atoms with Crippen molar-refractivity contribution < 1.29 is 0 Å².